The van der Waals surface area contributed by atoms with Gasteiger partial charge < -0.3 is 30.6 Å². The molecule has 0 rings (SSSR count). The average molecular weight is 226 g/mol. The Labute approximate surface area is 87.2 Å². The minimum Gasteiger partial charge on any atom is -0.400 e. The van der Waals surface area contributed by atoms with E-state index in [1.165, 1.54) is 0 Å². The Bertz CT molecular complexity index is 172. The lowest BCUT2D eigenvalue weighted by molar-refractivity contribution is -0.145. The highest BCUT2D eigenvalue weighted by molar-refractivity contribution is 5.80. The van der Waals surface area contributed by atoms with Gasteiger partial charge in [0.15, 0.2) is 5.78 Å². The zero-order chi connectivity index (χ0) is 12.6. The lowest BCUT2D eigenvalue weighted by Crippen LogP contribution is -2.48. The zero-order valence-corrected chi connectivity index (χ0v) is 8.61. The third-order valence-electron chi connectivity index (χ3n) is 1.67. The topological polar surface area (TPSA) is 138 Å². The largest absolute Gasteiger partial charge is 0.400 e. The van der Waals surface area contributed by atoms with Crippen molar-refractivity contribution in [3.63, 3.8) is 0 Å². The fourth-order valence-electron chi connectivity index (χ4n) is 0.763. The normalized spacial score (nSPS) is 18.1. The van der Waals surface area contributed by atoms with E-state index in [9.17, 15) is 4.79 Å². The second-order valence-corrected chi connectivity index (χ2v) is 2.79. The van der Waals surface area contributed by atoms with Gasteiger partial charge in [0.1, 0.15) is 24.4 Å². The third-order valence-corrected chi connectivity index (χ3v) is 1.67. The summed E-state index contributed by atoms with van der Waals surface area (Å²) in [5.74, 6) is -0.725. The van der Waals surface area contributed by atoms with Gasteiger partial charge in [0.2, 0.25) is 0 Å². The van der Waals surface area contributed by atoms with Crippen molar-refractivity contribution in [3.8, 4) is 0 Å². The highest BCUT2D eigenvalue weighted by atomic mass is 16.4. The average Bonchev–Trinajstić information content (AvgIpc) is 2.27. The van der Waals surface area contributed by atoms with Crippen molar-refractivity contribution >= 4 is 5.78 Å². The Morgan fingerprint density at radius 1 is 1.07 bits per heavy atom. The minimum absolute atomic E-state index is 0.725. The Morgan fingerprint density at radius 2 is 1.47 bits per heavy atom. The van der Waals surface area contributed by atoms with Crippen LogP contribution in [0.4, 0.5) is 0 Å². The first kappa shape index (κ1) is 16.8. The molecule has 7 nitrogen and oxygen atoms in total. The lowest BCUT2D eigenvalue weighted by Gasteiger charge is -2.23. The van der Waals surface area contributed by atoms with Crippen molar-refractivity contribution in [2.45, 2.75) is 31.3 Å². The number of hydrogen-bond acceptors (Lipinski definition) is 7. The molecule has 0 fully saturated rings. The molecule has 0 aliphatic heterocycles. The number of ketones is 1. The van der Waals surface area contributed by atoms with Crippen LogP contribution in [0.3, 0.4) is 0 Å². The standard InChI is InChI=1S/C7H14O6.CH4O/c1-3(9)5(11)7(13)6(12)4(10)2-8;1-2/h4-8,10-13H,2H2,1H3;2H,1H3. The molecule has 4 atom stereocenters. The summed E-state index contributed by atoms with van der Waals surface area (Å²) >= 11 is 0. The van der Waals surface area contributed by atoms with E-state index in [0.29, 0.717) is 0 Å². The fourth-order valence-corrected chi connectivity index (χ4v) is 0.763. The van der Waals surface area contributed by atoms with Gasteiger partial charge in [0.05, 0.1) is 6.61 Å². The molecule has 0 heterocycles. The van der Waals surface area contributed by atoms with Gasteiger partial charge in [-0.2, -0.15) is 0 Å². The monoisotopic (exact) mass is 226 g/mol. The summed E-state index contributed by atoms with van der Waals surface area (Å²) < 4.78 is 0. The number of Topliss-reactive ketones (excluding diaryl/α,β-unsaturated/α-hetero) is 1. The van der Waals surface area contributed by atoms with Crippen molar-refractivity contribution in [2.24, 2.45) is 0 Å². The van der Waals surface area contributed by atoms with Crippen LogP contribution in [0.15, 0.2) is 0 Å². The van der Waals surface area contributed by atoms with Crippen LogP contribution >= 0.6 is 0 Å². The first-order valence-corrected chi connectivity index (χ1v) is 4.20. The van der Waals surface area contributed by atoms with Gasteiger partial charge in [-0.15, -0.1) is 0 Å². The molecule has 0 aromatic heterocycles. The smallest absolute Gasteiger partial charge is 0.160 e. The van der Waals surface area contributed by atoms with Crippen LogP contribution in [0.5, 0.6) is 0 Å². The van der Waals surface area contributed by atoms with Crippen LogP contribution in [-0.2, 0) is 4.79 Å². The zero-order valence-electron chi connectivity index (χ0n) is 8.61. The SMILES string of the molecule is CC(=O)C(O)C(O)C(O)C(O)CO.CO. The Hall–Kier alpha value is -0.570. The van der Waals surface area contributed by atoms with Crippen LogP contribution in [0, 0.1) is 0 Å². The predicted octanol–water partition coefficient (Wildman–Crippen LogP) is -3.38. The molecule has 0 aliphatic carbocycles. The minimum atomic E-state index is -1.79. The maximum Gasteiger partial charge on any atom is 0.160 e. The van der Waals surface area contributed by atoms with Gasteiger partial charge in [0, 0.05) is 7.11 Å². The van der Waals surface area contributed by atoms with Crippen molar-refractivity contribution < 1.29 is 35.4 Å². The third kappa shape index (κ3) is 5.78. The predicted molar refractivity (Wildman–Crippen MR) is 49.9 cm³/mol. The molecule has 0 bridgehead atoms. The first-order valence-electron chi connectivity index (χ1n) is 4.20. The van der Waals surface area contributed by atoms with E-state index < -0.39 is 36.8 Å². The van der Waals surface area contributed by atoms with Crippen LogP contribution in [0.25, 0.3) is 0 Å². The number of rotatable bonds is 5. The number of hydrogen-bond donors (Lipinski definition) is 6. The highest BCUT2D eigenvalue weighted by Gasteiger charge is 2.32. The molecular weight excluding hydrogens is 208 g/mol. The van der Waals surface area contributed by atoms with E-state index in [0.717, 1.165) is 14.0 Å². The van der Waals surface area contributed by atoms with Gasteiger partial charge in [0.25, 0.3) is 0 Å². The molecule has 0 saturated carbocycles. The molecule has 0 amide bonds. The molecule has 0 saturated heterocycles. The highest BCUT2D eigenvalue weighted by Crippen LogP contribution is 2.05. The molecule has 0 aromatic carbocycles. The van der Waals surface area contributed by atoms with E-state index in [1.54, 1.807) is 0 Å². The van der Waals surface area contributed by atoms with E-state index in [2.05, 4.69) is 0 Å². The second-order valence-electron chi connectivity index (χ2n) is 2.79. The second kappa shape index (κ2) is 8.72. The molecule has 4 unspecified atom stereocenters. The summed E-state index contributed by atoms with van der Waals surface area (Å²) in [6.07, 6.45) is -6.87. The van der Waals surface area contributed by atoms with E-state index >= 15 is 0 Å². The van der Waals surface area contributed by atoms with E-state index in [-0.39, 0.29) is 0 Å². The molecule has 92 valence electrons. The number of carbonyl (C=O) groups excluding carboxylic acids is 1. The molecule has 0 spiro atoms. The molecule has 7 heteroatoms. The summed E-state index contributed by atoms with van der Waals surface area (Å²) in [6, 6.07) is 0. The summed E-state index contributed by atoms with van der Waals surface area (Å²) in [7, 11) is 1.00. The summed E-state index contributed by atoms with van der Waals surface area (Å²) in [5, 5.41) is 51.3. The lowest BCUT2D eigenvalue weighted by atomic mass is 10.0. The van der Waals surface area contributed by atoms with Crippen molar-refractivity contribution in [1.82, 2.24) is 0 Å². The van der Waals surface area contributed by atoms with Crippen molar-refractivity contribution in [3.05, 3.63) is 0 Å². The Kier molecular flexibility index (Phi) is 9.79. The summed E-state index contributed by atoms with van der Waals surface area (Å²) in [5.41, 5.74) is 0. The van der Waals surface area contributed by atoms with Gasteiger partial charge in [-0.1, -0.05) is 0 Å². The quantitative estimate of drug-likeness (QED) is 0.287. The van der Waals surface area contributed by atoms with Gasteiger partial charge in [-0.3, -0.25) is 4.79 Å². The maximum atomic E-state index is 10.5. The Morgan fingerprint density at radius 3 is 1.73 bits per heavy atom. The first-order chi connectivity index (χ1) is 6.91. The maximum absolute atomic E-state index is 10.5. The van der Waals surface area contributed by atoms with Crippen molar-refractivity contribution in [2.75, 3.05) is 13.7 Å². The van der Waals surface area contributed by atoms with E-state index in [1.807, 2.05) is 0 Å². The molecular formula is C8H18O7. The number of carbonyl (C=O) groups is 1. The molecule has 0 radical (unpaired) electrons. The summed E-state index contributed by atoms with van der Waals surface area (Å²) in [4.78, 5) is 10.5. The molecule has 15 heavy (non-hydrogen) atoms. The van der Waals surface area contributed by atoms with Gasteiger partial charge >= 0.3 is 0 Å². The molecule has 0 aliphatic rings. The fraction of sp³-hybridized carbons (Fsp3) is 0.875. The van der Waals surface area contributed by atoms with Gasteiger partial charge in [-0.05, 0) is 6.92 Å². The van der Waals surface area contributed by atoms with Crippen molar-refractivity contribution in [1.29, 1.82) is 0 Å². The Balaban J connectivity index is 0. The van der Waals surface area contributed by atoms with Crippen LogP contribution in [0.2, 0.25) is 0 Å². The molecule has 0 aromatic rings. The van der Waals surface area contributed by atoms with Crippen LogP contribution in [-0.4, -0.2) is 74.6 Å². The molecule has 6 N–H and O–H groups in total. The van der Waals surface area contributed by atoms with E-state index in [4.69, 9.17) is 30.6 Å². The number of aliphatic hydroxyl groups is 6. The van der Waals surface area contributed by atoms with Crippen LogP contribution < -0.4 is 0 Å². The summed E-state index contributed by atoms with van der Waals surface area (Å²) in [6.45, 7) is 0.273. The van der Waals surface area contributed by atoms with Crippen LogP contribution in [0.1, 0.15) is 6.92 Å². The number of aliphatic hydroxyl groups excluding tert-OH is 6. The van der Waals surface area contributed by atoms with Gasteiger partial charge in [-0.25, -0.2) is 0 Å².